The number of nitrogens with zero attached hydrogens (tertiary/aromatic N) is 4. The molecular weight excluding hydrogens is 432 g/mol. The molecule has 0 bridgehead atoms. The number of carbonyl (C=O) groups excluding carboxylic acids is 1. The standard InChI is InChI=1S/C22H26N4O3S2/c1-14-5-3-9-25(11-14)17(27)13-30-22-24-18-16-7-2-8-23-20(16)31-19(18)21(28)26(22)12-15-6-4-10-29-15/h2,7-8,14-15H,3-6,9-13H2,1H3/t14-,15-/m1/s1. The Hall–Kier alpha value is -1.97. The summed E-state index contributed by atoms with van der Waals surface area (Å²) in [7, 11) is 0. The zero-order valence-electron chi connectivity index (χ0n) is 17.6. The number of hydrogen-bond acceptors (Lipinski definition) is 7. The van der Waals surface area contributed by atoms with Gasteiger partial charge in [-0.2, -0.15) is 0 Å². The van der Waals surface area contributed by atoms with Gasteiger partial charge in [0.2, 0.25) is 5.91 Å². The van der Waals surface area contributed by atoms with E-state index in [4.69, 9.17) is 9.72 Å². The van der Waals surface area contributed by atoms with E-state index in [9.17, 15) is 9.59 Å². The first kappa shape index (κ1) is 20.9. The van der Waals surface area contributed by atoms with Crippen LogP contribution in [0.2, 0.25) is 0 Å². The summed E-state index contributed by atoms with van der Waals surface area (Å²) in [5, 5.41) is 1.48. The summed E-state index contributed by atoms with van der Waals surface area (Å²) in [5.74, 6) is 0.946. The van der Waals surface area contributed by atoms with Crippen LogP contribution in [0.1, 0.15) is 32.6 Å². The number of fused-ring (bicyclic) bond motifs is 3. The van der Waals surface area contributed by atoms with Crippen LogP contribution in [0.4, 0.5) is 0 Å². The second-order valence-corrected chi connectivity index (χ2v) is 10.4. The van der Waals surface area contributed by atoms with Gasteiger partial charge in [-0.1, -0.05) is 18.7 Å². The number of ether oxygens (including phenoxy) is 1. The molecule has 0 radical (unpaired) electrons. The van der Waals surface area contributed by atoms with Crippen LogP contribution in [-0.2, 0) is 16.1 Å². The number of carbonyl (C=O) groups is 1. The Morgan fingerprint density at radius 1 is 1.35 bits per heavy atom. The highest BCUT2D eigenvalue weighted by Gasteiger charge is 2.24. The van der Waals surface area contributed by atoms with Gasteiger partial charge in [-0.25, -0.2) is 9.97 Å². The van der Waals surface area contributed by atoms with E-state index in [1.54, 1.807) is 10.8 Å². The van der Waals surface area contributed by atoms with Crippen molar-refractivity contribution >= 4 is 49.4 Å². The molecule has 0 unspecified atom stereocenters. The number of aromatic nitrogens is 3. The maximum atomic E-state index is 13.4. The second kappa shape index (κ2) is 8.88. The van der Waals surface area contributed by atoms with Crippen LogP contribution >= 0.6 is 23.1 Å². The Kier molecular flexibility index (Phi) is 5.99. The normalized spacial score (nSPS) is 21.9. The molecule has 2 fully saturated rings. The summed E-state index contributed by atoms with van der Waals surface area (Å²) in [6.45, 7) is 5.03. The van der Waals surface area contributed by atoms with Crippen LogP contribution in [-0.4, -0.2) is 56.9 Å². The van der Waals surface area contributed by atoms with Gasteiger partial charge >= 0.3 is 0 Å². The zero-order chi connectivity index (χ0) is 21.4. The van der Waals surface area contributed by atoms with Crippen LogP contribution in [0.3, 0.4) is 0 Å². The Labute approximate surface area is 188 Å². The number of piperidine rings is 1. The average molecular weight is 459 g/mol. The minimum absolute atomic E-state index is 0.0162. The molecule has 0 saturated carbocycles. The summed E-state index contributed by atoms with van der Waals surface area (Å²) >= 11 is 2.75. The number of likely N-dealkylation sites (tertiary alicyclic amines) is 1. The van der Waals surface area contributed by atoms with E-state index in [1.165, 1.54) is 29.5 Å². The minimum Gasteiger partial charge on any atom is -0.376 e. The topological polar surface area (TPSA) is 77.3 Å². The van der Waals surface area contributed by atoms with Crippen LogP contribution < -0.4 is 5.56 Å². The third-order valence-corrected chi connectivity index (χ3v) is 8.11. The number of thiophene rings is 1. The quantitative estimate of drug-likeness (QED) is 0.430. The minimum atomic E-state index is -0.0648. The number of pyridine rings is 1. The van der Waals surface area contributed by atoms with E-state index in [0.29, 0.717) is 27.8 Å². The number of rotatable bonds is 5. The van der Waals surface area contributed by atoms with E-state index < -0.39 is 0 Å². The molecule has 0 spiro atoms. The lowest BCUT2D eigenvalue weighted by atomic mass is 10.0. The van der Waals surface area contributed by atoms with Crippen LogP contribution in [0.5, 0.6) is 0 Å². The van der Waals surface area contributed by atoms with E-state index in [2.05, 4.69) is 11.9 Å². The fourth-order valence-electron chi connectivity index (χ4n) is 4.44. The SMILES string of the molecule is C[C@@H]1CCCN(C(=O)CSc2nc3c(sc4ncccc43)c(=O)n2C[C@H]2CCCO2)C1. The van der Waals surface area contributed by atoms with E-state index in [1.807, 2.05) is 17.0 Å². The Bertz CT molecular complexity index is 1170. The van der Waals surface area contributed by atoms with Gasteiger partial charge in [-0.3, -0.25) is 14.2 Å². The maximum Gasteiger partial charge on any atom is 0.272 e. The van der Waals surface area contributed by atoms with Crippen LogP contribution in [0.15, 0.2) is 28.3 Å². The molecule has 31 heavy (non-hydrogen) atoms. The molecule has 2 saturated heterocycles. The first-order valence-electron chi connectivity index (χ1n) is 10.9. The van der Waals surface area contributed by atoms with Gasteiger partial charge in [0, 0.05) is 31.3 Å². The third-order valence-electron chi connectivity index (χ3n) is 6.06. The molecule has 9 heteroatoms. The highest BCUT2D eigenvalue weighted by Crippen LogP contribution is 2.31. The fraction of sp³-hybridized carbons (Fsp3) is 0.545. The smallest absolute Gasteiger partial charge is 0.272 e. The Balaban J connectivity index is 1.48. The zero-order valence-corrected chi connectivity index (χ0v) is 19.2. The molecule has 3 aromatic rings. The van der Waals surface area contributed by atoms with E-state index in [0.717, 1.165) is 49.2 Å². The number of amides is 1. The van der Waals surface area contributed by atoms with Crippen molar-refractivity contribution in [3.63, 3.8) is 0 Å². The predicted molar refractivity (Wildman–Crippen MR) is 124 cm³/mol. The first-order valence-corrected chi connectivity index (χ1v) is 12.7. The van der Waals surface area contributed by atoms with Crippen molar-refractivity contribution in [3.05, 3.63) is 28.7 Å². The lowest BCUT2D eigenvalue weighted by Crippen LogP contribution is -2.40. The second-order valence-electron chi connectivity index (χ2n) is 8.46. The van der Waals surface area contributed by atoms with Gasteiger partial charge in [0.15, 0.2) is 5.16 Å². The van der Waals surface area contributed by atoms with E-state index in [-0.39, 0.29) is 23.3 Å². The maximum absolute atomic E-state index is 13.4. The molecular formula is C22H26N4O3S2. The predicted octanol–water partition coefficient (Wildman–Crippen LogP) is 3.54. The molecule has 7 nitrogen and oxygen atoms in total. The average Bonchev–Trinajstić information content (AvgIpc) is 3.42. The van der Waals surface area contributed by atoms with Gasteiger partial charge < -0.3 is 9.64 Å². The largest absolute Gasteiger partial charge is 0.376 e. The number of thioether (sulfide) groups is 1. The molecule has 0 aromatic carbocycles. The Morgan fingerprint density at radius 3 is 3.06 bits per heavy atom. The van der Waals surface area contributed by atoms with E-state index >= 15 is 0 Å². The monoisotopic (exact) mass is 458 g/mol. The van der Waals surface area contributed by atoms with Crippen molar-refractivity contribution in [2.24, 2.45) is 5.92 Å². The Morgan fingerprint density at radius 2 is 2.26 bits per heavy atom. The van der Waals surface area contributed by atoms with Crippen molar-refractivity contribution in [3.8, 4) is 0 Å². The highest BCUT2D eigenvalue weighted by molar-refractivity contribution is 7.99. The van der Waals surface area contributed by atoms with Crippen LogP contribution in [0, 0.1) is 5.92 Å². The van der Waals surface area contributed by atoms with Gasteiger partial charge in [0.1, 0.15) is 9.53 Å². The lowest BCUT2D eigenvalue weighted by Gasteiger charge is -2.30. The van der Waals surface area contributed by atoms with Crippen LogP contribution in [0.25, 0.3) is 20.4 Å². The molecule has 164 valence electrons. The van der Waals surface area contributed by atoms with Crippen molar-refractivity contribution < 1.29 is 9.53 Å². The molecule has 1 amide bonds. The summed E-state index contributed by atoms with van der Waals surface area (Å²) in [4.78, 5) is 38.3. The summed E-state index contributed by atoms with van der Waals surface area (Å²) < 4.78 is 8.12. The van der Waals surface area contributed by atoms with Crippen molar-refractivity contribution in [2.75, 3.05) is 25.4 Å². The molecule has 5 heterocycles. The first-order chi connectivity index (χ1) is 15.1. The van der Waals surface area contributed by atoms with Crippen molar-refractivity contribution in [1.82, 2.24) is 19.4 Å². The fourth-order valence-corrected chi connectivity index (χ4v) is 6.37. The summed E-state index contributed by atoms with van der Waals surface area (Å²) in [5.41, 5.74) is 0.619. The lowest BCUT2D eigenvalue weighted by molar-refractivity contribution is -0.130. The highest BCUT2D eigenvalue weighted by atomic mass is 32.2. The summed E-state index contributed by atoms with van der Waals surface area (Å²) in [6.07, 6.45) is 5.93. The van der Waals surface area contributed by atoms with Gasteiger partial charge in [-0.15, -0.1) is 11.3 Å². The number of hydrogen-bond donors (Lipinski definition) is 0. The van der Waals surface area contributed by atoms with Gasteiger partial charge in [0.05, 0.1) is 23.9 Å². The third kappa shape index (κ3) is 4.23. The van der Waals surface area contributed by atoms with Gasteiger partial charge in [-0.05, 0) is 43.7 Å². The molecule has 0 aliphatic carbocycles. The molecule has 2 atom stereocenters. The molecule has 5 rings (SSSR count). The van der Waals surface area contributed by atoms with Crippen molar-refractivity contribution in [1.29, 1.82) is 0 Å². The summed E-state index contributed by atoms with van der Waals surface area (Å²) in [6, 6.07) is 3.81. The molecule has 2 aliphatic heterocycles. The van der Waals surface area contributed by atoms with Gasteiger partial charge in [0.25, 0.3) is 5.56 Å². The molecule has 2 aliphatic rings. The molecule has 0 N–H and O–H groups in total. The molecule has 3 aromatic heterocycles. The van der Waals surface area contributed by atoms with Crippen molar-refractivity contribution in [2.45, 2.75) is 50.4 Å².